The van der Waals surface area contributed by atoms with Crippen molar-refractivity contribution in [2.45, 2.75) is 36.7 Å². The first-order valence-electron chi connectivity index (χ1n) is 9.37. The van der Waals surface area contributed by atoms with Crippen LogP contribution in [0.4, 0.5) is 0 Å². The minimum absolute atomic E-state index is 0.0272. The average Bonchev–Trinajstić information content (AvgIpc) is 3.26. The van der Waals surface area contributed by atoms with Crippen LogP contribution in [-0.2, 0) is 23.6 Å². The van der Waals surface area contributed by atoms with Gasteiger partial charge in [-0.2, -0.15) is 4.98 Å². The summed E-state index contributed by atoms with van der Waals surface area (Å²) in [6, 6.07) is 3.96. The molecule has 13 heteroatoms. The van der Waals surface area contributed by atoms with E-state index in [0.29, 0.717) is 0 Å². The lowest BCUT2D eigenvalue weighted by molar-refractivity contribution is 0.0950. The smallest absolute Gasteiger partial charge is 0.331 e. The second-order valence-electron chi connectivity index (χ2n) is 7.67. The summed E-state index contributed by atoms with van der Waals surface area (Å²) in [6.45, 7) is 1.59. The fourth-order valence-electron chi connectivity index (χ4n) is 3.12. The Morgan fingerprint density at radius 3 is 2.65 bits per heavy atom. The Hall–Kier alpha value is -3.32. The molecule has 31 heavy (non-hydrogen) atoms. The van der Waals surface area contributed by atoms with Gasteiger partial charge in [0.25, 0.3) is 17.3 Å². The number of sulfonamides is 1. The topological polar surface area (TPSA) is 158 Å². The molecule has 0 spiro atoms. The highest BCUT2D eigenvalue weighted by molar-refractivity contribution is 7.89. The van der Waals surface area contributed by atoms with Gasteiger partial charge in [-0.3, -0.25) is 18.7 Å². The van der Waals surface area contributed by atoms with Crippen LogP contribution in [0.3, 0.4) is 0 Å². The van der Waals surface area contributed by atoms with E-state index >= 15 is 0 Å². The zero-order valence-electron chi connectivity index (χ0n) is 17.0. The predicted molar refractivity (Wildman–Crippen MR) is 108 cm³/mol. The average molecular weight is 448 g/mol. The summed E-state index contributed by atoms with van der Waals surface area (Å²) in [6.07, 6.45) is 1.48. The Labute approximate surface area is 175 Å². The number of amides is 1. The summed E-state index contributed by atoms with van der Waals surface area (Å²) < 4.78 is 35.1. The molecule has 0 aliphatic heterocycles. The number of benzene rings is 1. The molecule has 3 aromatic rings. The number of rotatable bonds is 6. The van der Waals surface area contributed by atoms with Crippen molar-refractivity contribution in [3.63, 3.8) is 0 Å². The van der Waals surface area contributed by atoms with Crippen molar-refractivity contribution in [1.29, 1.82) is 0 Å². The number of carbonyl (C=O) groups is 1. The Morgan fingerprint density at radius 1 is 1.29 bits per heavy atom. The summed E-state index contributed by atoms with van der Waals surface area (Å²) in [5.41, 5.74) is -1.57. The minimum atomic E-state index is -3.84. The number of fused-ring (bicyclic) bond motifs is 1. The van der Waals surface area contributed by atoms with Gasteiger partial charge in [-0.15, -0.1) is 0 Å². The lowest BCUT2D eigenvalue weighted by Gasteiger charge is -2.14. The van der Waals surface area contributed by atoms with Gasteiger partial charge in [-0.05, 0) is 38.0 Å². The highest BCUT2D eigenvalue weighted by Crippen LogP contribution is 2.36. The molecule has 0 radical (unpaired) electrons. The van der Waals surface area contributed by atoms with Crippen LogP contribution >= 0.6 is 0 Å². The molecule has 0 saturated heterocycles. The molecule has 2 heterocycles. The van der Waals surface area contributed by atoms with Gasteiger partial charge in [0.1, 0.15) is 6.54 Å². The molecule has 0 atom stereocenters. The van der Waals surface area contributed by atoms with Gasteiger partial charge in [-0.1, -0.05) is 5.16 Å². The van der Waals surface area contributed by atoms with E-state index in [4.69, 9.17) is 4.52 Å². The molecule has 0 unspecified atom stereocenters. The zero-order valence-corrected chi connectivity index (χ0v) is 17.8. The van der Waals surface area contributed by atoms with Crippen molar-refractivity contribution in [2.24, 2.45) is 7.05 Å². The number of nitrogens with zero attached hydrogens (tertiary/aromatic N) is 4. The summed E-state index contributed by atoms with van der Waals surface area (Å²) in [4.78, 5) is 40.9. The van der Waals surface area contributed by atoms with Gasteiger partial charge < -0.3 is 9.84 Å². The van der Waals surface area contributed by atoms with Gasteiger partial charge in [0.05, 0.1) is 15.8 Å². The van der Waals surface area contributed by atoms with Crippen LogP contribution in [-0.4, -0.2) is 46.2 Å². The van der Waals surface area contributed by atoms with Crippen LogP contribution in [0.2, 0.25) is 0 Å². The highest BCUT2D eigenvalue weighted by atomic mass is 32.2. The SMILES string of the molecule is CNC(=O)c1noc(Cn2c(=O)n(C)c(=O)c3cc(S(=O)(=O)NC4(C)CC4)ccc32)n1. The molecular formula is C18H20N6O6S. The first kappa shape index (κ1) is 20.9. The molecule has 1 fully saturated rings. The summed E-state index contributed by atoms with van der Waals surface area (Å²) >= 11 is 0. The van der Waals surface area contributed by atoms with Crippen molar-refractivity contribution < 1.29 is 17.7 Å². The Bertz CT molecular complexity index is 1430. The third-order valence-corrected chi connectivity index (χ3v) is 6.83. The number of carbonyl (C=O) groups excluding carboxylic acids is 1. The van der Waals surface area contributed by atoms with Crippen molar-refractivity contribution >= 4 is 26.8 Å². The van der Waals surface area contributed by atoms with Gasteiger partial charge in [0, 0.05) is 19.6 Å². The summed E-state index contributed by atoms with van der Waals surface area (Å²) in [5, 5.41) is 5.94. The van der Waals surface area contributed by atoms with Crippen molar-refractivity contribution in [3.8, 4) is 0 Å². The molecule has 164 valence electrons. The summed E-state index contributed by atoms with van der Waals surface area (Å²) in [7, 11) is -1.14. The van der Waals surface area contributed by atoms with E-state index in [0.717, 1.165) is 17.4 Å². The van der Waals surface area contributed by atoms with E-state index < -0.39 is 32.7 Å². The zero-order chi connectivity index (χ0) is 22.6. The predicted octanol–water partition coefficient (Wildman–Crippen LogP) is -0.678. The number of hydrogen-bond donors (Lipinski definition) is 2. The van der Waals surface area contributed by atoms with E-state index in [1.54, 1.807) is 6.92 Å². The molecule has 0 bridgehead atoms. The molecule has 1 aliphatic carbocycles. The lowest BCUT2D eigenvalue weighted by atomic mass is 10.2. The van der Waals surface area contributed by atoms with Crippen LogP contribution in [0, 0.1) is 0 Å². The lowest BCUT2D eigenvalue weighted by Crippen LogP contribution is -2.39. The van der Waals surface area contributed by atoms with Gasteiger partial charge in [-0.25, -0.2) is 17.9 Å². The molecule has 1 amide bonds. The van der Waals surface area contributed by atoms with E-state index in [1.807, 2.05) is 0 Å². The van der Waals surface area contributed by atoms with Crippen LogP contribution in [0.1, 0.15) is 36.3 Å². The number of aromatic nitrogens is 4. The van der Waals surface area contributed by atoms with Crippen molar-refractivity contribution in [1.82, 2.24) is 29.3 Å². The summed E-state index contributed by atoms with van der Waals surface area (Å²) in [5.74, 6) is -0.784. The Kier molecular flexibility index (Phi) is 4.81. The number of hydrogen-bond acceptors (Lipinski definition) is 8. The normalized spacial score (nSPS) is 15.2. The maximum Gasteiger partial charge on any atom is 0.331 e. The third-order valence-electron chi connectivity index (χ3n) is 5.19. The molecule has 1 saturated carbocycles. The molecule has 2 N–H and O–H groups in total. The fourth-order valence-corrected chi connectivity index (χ4v) is 4.62. The van der Waals surface area contributed by atoms with Crippen LogP contribution < -0.4 is 21.3 Å². The molecule has 4 rings (SSSR count). The largest absolute Gasteiger partial charge is 0.352 e. The Balaban J connectivity index is 1.81. The standard InChI is InChI=1S/C18H20N6O6S/c1-18(6-7-18)22-31(28,29)10-4-5-12-11(8-10)16(26)23(3)17(27)24(12)9-13-20-14(21-30-13)15(25)19-2/h4-5,8,22H,6-7,9H2,1-3H3,(H,19,25). The maximum atomic E-state index is 12.7. The molecule has 1 aliphatic rings. The van der Waals surface area contributed by atoms with Crippen LogP contribution in [0.25, 0.3) is 10.9 Å². The monoisotopic (exact) mass is 448 g/mol. The first-order valence-corrected chi connectivity index (χ1v) is 10.9. The second kappa shape index (κ2) is 7.13. The van der Waals surface area contributed by atoms with E-state index in [-0.39, 0.29) is 34.1 Å². The van der Waals surface area contributed by atoms with Crippen LogP contribution in [0.15, 0.2) is 37.2 Å². The highest BCUT2D eigenvalue weighted by Gasteiger charge is 2.41. The van der Waals surface area contributed by atoms with Gasteiger partial charge >= 0.3 is 5.69 Å². The first-order chi connectivity index (χ1) is 14.5. The fraction of sp³-hybridized carbons (Fsp3) is 0.389. The van der Waals surface area contributed by atoms with Crippen molar-refractivity contribution in [3.05, 3.63) is 50.8 Å². The molecule has 12 nitrogen and oxygen atoms in total. The quantitative estimate of drug-likeness (QED) is 0.502. The second-order valence-corrected chi connectivity index (χ2v) is 9.35. The maximum absolute atomic E-state index is 12.7. The molecular weight excluding hydrogens is 428 g/mol. The van der Waals surface area contributed by atoms with E-state index in [2.05, 4.69) is 20.2 Å². The van der Waals surface area contributed by atoms with E-state index in [1.165, 1.54) is 36.9 Å². The van der Waals surface area contributed by atoms with E-state index in [9.17, 15) is 22.8 Å². The van der Waals surface area contributed by atoms with Crippen LogP contribution in [0.5, 0.6) is 0 Å². The van der Waals surface area contributed by atoms with Crippen molar-refractivity contribution in [2.75, 3.05) is 7.05 Å². The van der Waals surface area contributed by atoms with Gasteiger partial charge in [0.2, 0.25) is 15.9 Å². The molecule has 1 aromatic carbocycles. The van der Waals surface area contributed by atoms with Gasteiger partial charge in [0.15, 0.2) is 0 Å². The minimum Gasteiger partial charge on any atom is -0.352 e. The third kappa shape index (κ3) is 3.77. The molecule has 2 aromatic heterocycles. The number of nitrogens with one attached hydrogen (secondary N) is 2. The Morgan fingerprint density at radius 2 is 2.00 bits per heavy atom.